The highest BCUT2D eigenvalue weighted by atomic mass is 16.2. The minimum Gasteiger partial charge on any atom is -0.351 e. The van der Waals surface area contributed by atoms with Crippen molar-refractivity contribution in [2.24, 2.45) is 5.92 Å². The molecule has 3 rings (SSSR count). The van der Waals surface area contributed by atoms with Crippen molar-refractivity contribution >= 4 is 22.6 Å². The third kappa shape index (κ3) is 4.57. The van der Waals surface area contributed by atoms with E-state index in [2.05, 4.69) is 22.9 Å². The maximum Gasteiger partial charge on any atom is 0.239 e. The third-order valence-electron chi connectivity index (χ3n) is 4.81. The van der Waals surface area contributed by atoms with Crippen LogP contribution in [-0.2, 0) is 16.0 Å². The van der Waals surface area contributed by atoms with Crippen molar-refractivity contribution in [3.05, 3.63) is 48.0 Å². The van der Waals surface area contributed by atoms with Crippen LogP contribution in [0.5, 0.6) is 0 Å². The number of nitrogens with one attached hydrogen (secondary N) is 3. The lowest BCUT2D eigenvalue weighted by Crippen LogP contribution is -2.50. The van der Waals surface area contributed by atoms with Gasteiger partial charge in [0.2, 0.25) is 11.8 Å². The van der Waals surface area contributed by atoms with Crippen molar-refractivity contribution in [3.63, 3.8) is 0 Å². The summed E-state index contributed by atoms with van der Waals surface area (Å²) < 4.78 is 0. The average Bonchev–Trinajstić information content (AvgIpc) is 2.62. The number of fused-ring (bicyclic) bond motifs is 1. The molecular formula is C20H25N3O2. The Labute approximate surface area is 148 Å². The minimum absolute atomic E-state index is 0.0280. The van der Waals surface area contributed by atoms with Gasteiger partial charge in [-0.1, -0.05) is 49.4 Å². The van der Waals surface area contributed by atoms with E-state index in [4.69, 9.17) is 0 Å². The molecule has 2 atom stereocenters. The second-order valence-corrected chi connectivity index (χ2v) is 6.74. The summed E-state index contributed by atoms with van der Waals surface area (Å²) in [6.07, 6.45) is 1.20. The van der Waals surface area contributed by atoms with Gasteiger partial charge in [0.15, 0.2) is 0 Å². The van der Waals surface area contributed by atoms with E-state index in [9.17, 15) is 9.59 Å². The molecule has 25 heavy (non-hydrogen) atoms. The van der Waals surface area contributed by atoms with Gasteiger partial charge < -0.3 is 16.0 Å². The third-order valence-corrected chi connectivity index (χ3v) is 4.81. The molecule has 1 fully saturated rings. The molecule has 5 nitrogen and oxygen atoms in total. The Bertz CT molecular complexity index is 754. The largest absolute Gasteiger partial charge is 0.351 e. The molecule has 5 heteroatoms. The van der Waals surface area contributed by atoms with E-state index in [-0.39, 0.29) is 30.8 Å². The van der Waals surface area contributed by atoms with E-state index in [1.54, 1.807) is 0 Å². The fourth-order valence-corrected chi connectivity index (χ4v) is 3.35. The fourth-order valence-electron chi connectivity index (χ4n) is 3.35. The number of hydrogen-bond donors (Lipinski definition) is 3. The summed E-state index contributed by atoms with van der Waals surface area (Å²) in [5, 5.41) is 11.3. The van der Waals surface area contributed by atoms with Gasteiger partial charge in [0.25, 0.3) is 0 Å². The van der Waals surface area contributed by atoms with Crippen molar-refractivity contribution in [1.82, 2.24) is 16.0 Å². The standard InChI is InChI=1S/C20H25N3O2/c1-14-12-21-10-9-18(14)23-20(25)13-22-19(24)11-16-7-4-6-15-5-2-3-8-17(15)16/h2-8,14,18,21H,9-13H2,1H3,(H,22,24)(H,23,25). The van der Waals surface area contributed by atoms with Crippen LogP contribution >= 0.6 is 0 Å². The van der Waals surface area contributed by atoms with Crippen molar-refractivity contribution in [3.8, 4) is 0 Å². The molecule has 1 aliphatic heterocycles. The van der Waals surface area contributed by atoms with Gasteiger partial charge in [-0.2, -0.15) is 0 Å². The van der Waals surface area contributed by atoms with Crippen LogP contribution in [0.25, 0.3) is 10.8 Å². The highest BCUT2D eigenvalue weighted by molar-refractivity contribution is 5.91. The summed E-state index contributed by atoms with van der Waals surface area (Å²) in [6, 6.07) is 14.1. The molecule has 0 spiro atoms. The summed E-state index contributed by atoms with van der Waals surface area (Å²) in [5.74, 6) is 0.152. The summed E-state index contributed by atoms with van der Waals surface area (Å²) in [6.45, 7) is 3.98. The molecule has 1 saturated heterocycles. The molecule has 2 aromatic carbocycles. The van der Waals surface area contributed by atoms with Gasteiger partial charge in [-0.3, -0.25) is 9.59 Å². The first kappa shape index (κ1) is 17.4. The second kappa shape index (κ2) is 8.12. The predicted octanol–water partition coefficient (Wildman–Crippen LogP) is 1.61. The van der Waals surface area contributed by atoms with Gasteiger partial charge in [-0.15, -0.1) is 0 Å². The number of carbonyl (C=O) groups excluding carboxylic acids is 2. The van der Waals surface area contributed by atoms with E-state index in [1.807, 2.05) is 42.5 Å². The molecular weight excluding hydrogens is 314 g/mol. The van der Waals surface area contributed by atoms with Crippen LogP contribution in [-0.4, -0.2) is 37.5 Å². The fraction of sp³-hybridized carbons (Fsp3) is 0.400. The molecule has 0 bridgehead atoms. The zero-order valence-electron chi connectivity index (χ0n) is 14.5. The summed E-state index contributed by atoms with van der Waals surface area (Å²) in [7, 11) is 0. The van der Waals surface area contributed by atoms with Gasteiger partial charge >= 0.3 is 0 Å². The number of carbonyl (C=O) groups is 2. The zero-order valence-corrected chi connectivity index (χ0v) is 14.5. The lowest BCUT2D eigenvalue weighted by atomic mass is 9.95. The number of piperidine rings is 1. The first-order chi connectivity index (χ1) is 12.1. The summed E-state index contributed by atoms with van der Waals surface area (Å²) in [5.41, 5.74) is 0.975. The Morgan fingerprint density at radius 1 is 1.12 bits per heavy atom. The highest BCUT2D eigenvalue weighted by Gasteiger charge is 2.22. The maximum atomic E-state index is 12.2. The lowest BCUT2D eigenvalue weighted by Gasteiger charge is -2.30. The van der Waals surface area contributed by atoms with Gasteiger partial charge in [-0.05, 0) is 41.8 Å². The van der Waals surface area contributed by atoms with Crippen LogP contribution in [0.1, 0.15) is 18.9 Å². The molecule has 132 valence electrons. The van der Waals surface area contributed by atoms with Crippen molar-refractivity contribution in [2.75, 3.05) is 19.6 Å². The quantitative estimate of drug-likeness (QED) is 0.775. The molecule has 1 aliphatic rings. The molecule has 1 heterocycles. The SMILES string of the molecule is CC1CNCCC1NC(=O)CNC(=O)Cc1cccc2ccccc12. The number of hydrogen-bond acceptors (Lipinski definition) is 3. The molecule has 2 amide bonds. The number of benzene rings is 2. The summed E-state index contributed by atoms with van der Waals surface area (Å²) in [4.78, 5) is 24.3. The maximum absolute atomic E-state index is 12.2. The molecule has 0 aromatic heterocycles. The van der Waals surface area contributed by atoms with Crippen LogP contribution in [0.15, 0.2) is 42.5 Å². The normalized spacial score (nSPS) is 20.2. The minimum atomic E-state index is -0.134. The van der Waals surface area contributed by atoms with Gasteiger partial charge in [0, 0.05) is 6.04 Å². The Balaban J connectivity index is 1.51. The molecule has 0 saturated carbocycles. The Morgan fingerprint density at radius 2 is 1.92 bits per heavy atom. The topological polar surface area (TPSA) is 70.2 Å². The van der Waals surface area contributed by atoms with Crippen LogP contribution in [0, 0.1) is 5.92 Å². The van der Waals surface area contributed by atoms with Crippen LogP contribution in [0.4, 0.5) is 0 Å². The van der Waals surface area contributed by atoms with Crippen molar-refractivity contribution in [2.45, 2.75) is 25.8 Å². The monoisotopic (exact) mass is 339 g/mol. The highest BCUT2D eigenvalue weighted by Crippen LogP contribution is 2.18. The predicted molar refractivity (Wildman–Crippen MR) is 99.2 cm³/mol. The molecule has 2 unspecified atom stereocenters. The summed E-state index contributed by atoms with van der Waals surface area (Å²) >= 11 is 0. The molecule has 2 aromatic rings. The lowest BCUT2D eigenvalue weighted by molar-refractivity contribution is -0.126. The smallest absolute Gasteiger partial charge is 0.239 e. The number of rotatable bonds is 5. The second-order valence-electron chi connectivity index (χ2n) is 6.74. The van der Waals surface area contributed by atoms with Gasteiger partial charge in [0.1, 0.15) is 0 Å². The van der Waals surface area contributed by atoms with Crippen molar-refractivity contribution < 1.29 is 9.59 Å². The zero-order chi connectivity index (χ0) is 17.6. The van der Waals surface area contributed by atoms with Crippen LogP contribution in [0.3, 0.4) is 0 Å². The average molecular weight is 339 g/mol. The molecule has 0 radical (unpaired) electrons. The molecule has 3 N–H and O–H groups in total. The van der Waals surface area contributed by atoms with Gasteiger partial charge in [-0.25, -0.2) is 0 Å². The Hall–Kier alpha value is -2.40. The Morgan fingerprint density at radius 3 is 2.76 bits per heavy atom. The van der Waals surface area contributed by atoms with Crippen LogP contribution in [0.2, 0.25) is 0 Å². The van der Waals surface area contributed by atoms with E-state index in [0.717, 1.165) is 35.8 Å². The molecule has 0 aliphatic carbocycles. The van der Waals surface area contributed by atoms with Gasteiger partial charge in [0.05, 0.1) is 13.0 Å². The number of amides is 2. The van der Waals surface area contributed by atoms with Crippen molar-refractivity contribution in [1.29, 1.82) is 0 Å². The Kier molecular flexibility index (Phi) is 5.66. The van der Waals surface area contributed by atoms with E-state index >= 15 is 0 Å². The van der Waals surface area contributed by atoms with Crippen LogP contribution < -0.4 is 16.0 Å². The first-order valence-corrected chi connectivity index (χ1v) is 8.87. The van der Waals surface area contributed by atoms with E-state index in [0.29, 0.717) is 5.92 Å². The van der Waals surface area contributed by atoms with E-state index in [1.165, 1.54) is 0 Å². The first-order valence-electron chi connectivity index (χ1n) is 8.87. The van der Waals surface area contributed by atoms with E-state index < -0.39 is 0 Å².